The van der Waals surface area contributed by atoms with Gasteiger partial charge in [-0.2, -0.15) is 5.10 Å². The molecule has 1 aromatic heterocycles. The number of quaternary nitrogens is 1. The number of aromatic nitrogens is 2. The van der Waals surface area contributed by atoms with Gasteiger partial charge in [0.15, 0.2) is 0 Å². The van der Waals surface area contributed by atoms with Crippen LogP contribution < -0.4 is 24.0 Å². The second-order valence-corrected chi connectivity index (χ2v) is 4.67. The molecule has 0 atom stereocenters. The summed E-state index contributed by atoms with van der Waals surface area (Å²) in [6.45, 7) is 0.973. The summed E-state index contributed by atoms with van der Waals surface area (Å²) in [6.07, 6.45) is 0. The number of rotatable bonds is 2. The van der Waals surface area contributed by atoms with Crippen LogP contribution in [0, 0.1) is 0 Å². The molecule has 0 aliphatic rings. The number of benzene rings is 1. The molecule has 15 heavy (non-hydrogen) atoms. The van der Waals surface area contributed by atoms with E-state index in [2.05, 4.69) is 43.5 Å². The van der Waals surface area contributed by atoms with Crippen molar-refractivity contribution in [1.29, 1.82) is 0 Å². The molecule has 2 aromatic rings. The van der Waals surface area contributed by atoms with Crippen LogP contribution in [0.4, 0.5) is 0 Å². The number of H-pyrrole nitrogens is 1. The lowest BCUT2D eigenvalue weighted by Gasteiger charge is -2.22. The smallest absolute Gasteiger partial charge is 0.121 e. The van der Waals surface area contributed by atoms with Gasteiger partial charge in [0.05, 0.1) is 32.4 Å². The van der Waals surface area contributed by atoms with Crippen molar-refractivity contribution < 1.29 is 28.5 Å². The Hall–Kier alpha value is -0.620. The topological polar surface area (TPSA) is 28.7 Å². The molecule has 0 unspecified atom stereocenters. The van der Waals surface area contributed by atoms with Crippen LogP contribution in [0.5, 0.6) is 0 Å². The minimum absolute atomic E-state index is 0. The number of nitrogens with one attached hydrogen (secondary N) is 1. The number of fused-ring (bicyclic) bond motifs is 1. The van der Waals surface area contributed by atoms with Crippen LogP contribution in [-0.4, -0.2) is 35.8 Å². The maximum atomic E-state index is 4.27. The van der Waals surface area contributed by atoms with Gasteiger partial charge in [0.2, 0.25) is 0 Å². The molecule has 3 nitrogen and oxygen atoms in total. The number of halogens is 1. The first kappa shape index (κ1) is 12.4. The largest absolute Gasteiger partial charge is 1.00 e. The summed E-state index contributed by atoms with van der Waals surface area (Å²) in [7, 11) is 6.53. The van der Waals surface area contributed by atoms with Crippen LogP contribution >= 0.6 is 0 Å². The van der Waals surface area contributed by atoms with E-state index < -0.39 is 0 Å². The van der Waals surface area contributed by atoms with E-state index in [1.54, 1.807) is 0 Å². The number of hydrogen-bond donors (Lipinski definition) is 1. The summed E-state index contributed by atoms with van der Waals surface area (Å²) in [5.74, 6) is 0. The molecule has 1 N–H and O–H groups in total. The SMILES string of the molecule is C[N+](C)(C)Cc1[nH]nc2ccccc12.[I-]. The van der Waals surface area contributed by atoms with Crippen molar-refractivity contribution in [1.82, 2.24) is 10.2 Å². The molecular weight excluding hydrogens is 301 g/mol. The van der Waals surface area contributed by atoms with Gasteiger partial charge in [0, 0.05) is 5.39 Å². The van der Waals surface area contributed by atoms with E-state index in [0.717, 1.165) is 16.5 Å². The summed E-state index contributed by atoms with van der Waals surface area (Å²) < 4.78 is 0.909. The first-order valence-electron chi connectivity index (χ1n) is 4.79. The van der Waals surface area contributed by atoms with Crippen LogP contribution in [0.25, 0.3) is 10.9 Å². The molecule has 0 aliphatic carbocycles. The van der Waals surface area contributed by atoms with Gasteiger partial charge < -0.3 is 28.5 Å². The third kappa shape index (κ3) is 2.92. The predicted molar refractivity (Wildman–Crippen MR) is 57.8 cm³/mol. The molecule has 0 bridgehead atoms. The zero-order valence-electron chi connectivity index (χ0n) is 9.29. The summed E-state index contributed by atoms with van der Waals surface area (Å²) in [4.78, 5) is 0. The van der Waals surface area contributed by atoms with Crippen LogP contribution in [0.3, 0.4) is 0 Å². The summed E-state index contributed by atoms with van der Waals surface area (Å²) in [5, 5.41) is 8.61. The van der Waals surface area contributed by atoms with E-state index in [1.807, 2.05) is 12.1 Å². The Kier molecular flexibility index (Phi) is 3.72. The van der Waals surface area contributed by atoms with Gasteiger partial charge in [-0.25, -0.2) is 0 Å². The summed E-state index contributed by atoms with van der Waals surface area (Å²) >= 11 is 0. The number of aromatic amines is 1. The van der Waals surface area contributed by atoms with Gasteiger partial charge in [0.25, 0.3) is 0 Å². The zero-order chi connectivity index (χ0) is 10.2. The van der Waals surface area contributed by atoms with Crippen molar-refractivity contribution in [2.45, 2.75) is 6.54 Å². The second-order valence-electron chi connectivity index (χ2n) is 4.67. The normalized spacial score (nSPS) is 11.4. The van der Waals surface area contributed by atoms with Gasteiger partial charge in [-0.05, 0) is 6.07 Å². The first-order valence-corrected chi connectivity index (χ1v) is 4.79. The molecule has 0 saturated heterocycles. The molecule has 0 spiro atoms. The predicted octanol–water partition coefficient (Wildman–Crippen LogP) is -1.23. The van der Waals surface area contributed by atoms with Gasteiger partial charge in [-0.1, -0.05) is 18.2 Å². The second kappa shape index (κ2) is 4.49. The third-order valence-electron chi connectivity index (χ3n) is 2.17. The fourth-order valence-electron chi connectivity index (χ4n) is 1.61. The lowest BCUT2D eigenvalue weighted by atomic mass is 10.2. The van der Waals surface area contributed by atoms with Crippen molar-refractivity contribution in [3.8, 4) is 0 Å². The highest BCUT2D eigenvalue weighted by molar-refractivity contribution is 5.80. The van der Waals surface area contributed by atoms with Gasteiger partial charge in [0.1, 0.15) is 6.54 Å². The standard InChI is InChI=1S/C11H16N3.HI/c1-14(2,3)8-11-9-6-4-5-7-10(9)12-13-11;/h4-7H,8H2,1-3H3,(H,12,13);1H/q+1;/p-1. The van der Waals surface area contributed by atoms with Crippen molar-refractivity contribution in [2.75, 3.05) is 21.1 Å². The molecule has 0 amide bonds. The Morgan fingerprint density at radius 1 is 1.20 bits per heavy atom. The summed E-state index contributed by atoms with van der Waals surface area (Å²) in [5.41, 5.74) is 2.27. The first-order chi connectivity index (χ1) is 6.56. The quantitative estimate of drug-likeness (QED) is 0.546. The highest BCUT2D eigenvalue weighted by Gasteiger charge is 2.13. The van der Waals surface area contributed by atoms with Crippen LogP contribution in [0.2, 0.25) is 0 Å². The highest BCUT2D eigenvalue weighted by Crippen LogP contribution is 2.17. The molecule has 82 valence electrons. The van der Waals surface area contributed by atoms with Crippen molar-refractivity contribution in [3.05, 3.63) is 30.0 Å². The molecule has 0 fully saturated rings. The molecule has 1 heterocycles. The molecular formula is C11H16IN3. The van der Waals surface area contributed by atoms with Crippen LogP contribution in [0.1, 0.15) is 5.69 Å². The Labute approximate surface area is 107 Å². The molecule has 1 aromatic carbocycles. The number of nitrogens with zero attached hydrogens (tertiary/aromatic N) is 2. The number of hydrogen-bond acceptors (Lipinski definition) is 1. The monoisotopic (exact) mass is 317 g/mol. The van der Waals surface area contributed by atoms with Crippen LogP contribution in [0.15, 0.2) is 24.3 Å². The van der Waals surface area contributed by atoms with Crippen LogP contribution in [-0.2, 0) is 6.54 Å². The minimum atomic E-state index is 0. The van der Waals surface area contributed by atoms with Crippen molar-refractivity contribution >= 4 is 10.9 Å². The molecule has 4 heteroatoms. The number of para-hydroxylation sites is 1. The van der Waals surface area contributed by atoms with E-state index in [1.165, 1.54) is 11.1 Å². The lowest BCUT2D eigenvalue weighted by Crippen LogP contribution is -3.00. The van der Waals surface area contributed by atoms with Crippen molar-refractivity contribution in [3.63, 3.8) is 0 Å². The summed E-state index contributed by atoms with van der Waals surface area (Å²) in [6, 6.07) is 8.21. The fraction of sp³-hybridized carbons (Fsp3) is 0.364. The van der Waals surface area contributed by atoms with Gasteiger partial charge in [-0.15, -0.1) is 0 Å². The Bertz CT molecular complexity index is 442. The molecule has 0 radical (unpaired) electrons. The van der Waals surface area contributed by atoms with E-state index >= 15 is 0 Å². The molecule has 0 saturated carbocycles. The van der Waals surface area contributed by atoms with E-state index in [-0.39, 0.29) is 24.0 Å². The van der Waals surface area contributed by atoms with E-state index in [4.69, 9.17) is 0 Å². The van der Waals surface area contributed by atoms with E-state index in [0.29, 0.717) is 0 Å². The lowest BCUT2D eigenvalue weighted by molar-refractivity contribution is -0.884. The van der Waals surface area contributed by atoms with Gasteiger partial charge in [-0.3, -0.25) is 5.10 Å². The fourth-order valence-corrected chi connectivity index (χ4v) is 1.61. The maximum absolute atomic E-state index is 4.27. The third-order valence-corrected chi connectivity index (χ3v) is 2.17. The minimum Gasteiger partial charge on any atom is -1.00 e. The van der Waals surface area contributed by atoms with Crippen molar-refractivity contribution in [2.24, 2.45) is 0 Å². The Morgan fingerprint density at radius 2 is 1.87 bits per heavy atom. The van der Waals surface area contributed by atoms with E-state index in [9.17, 15) is 0 Å². The average molecular weight is 317 g/mol. The maximum Gasteiger partial charge on any atom is 0.121 e. The molecule has 2 rings (SSSR count). The molecule has 0 aliphatic heterocycles. The zero-order valence-corrected chi connectivity index (χ0v) is 11.4. The highest BCUT2D eigenvalue weighted by atomic mass is 127. The average Bonchev–Trinajstić information content (AvgIpc) is 2.47. The Balaban J connectivity index is 0.00000112. The Morgan fingerprint density at radius 3 is 2.53 bits per heavy atom. The van der Waals surface area contributed by atoms with Gasteiger partial charge >= 0.3 is 0 Å².